The lowest BCUT2D eigenvalue weighted by molar-refractivity contribution is -0.384. The van der Waals surface area contributed by atoms with Gasteiger partial charge in [-0.3, -0.25) is 20.3 Å². The van der Waals surface area contributed by atoms with Crippen LogP contribution < -0.4 is 10.7 Å². The van der Waals surface area contributed by atoms with Crippen molar-refractivity contribution in [2.24, 2.45) is 5.10 Å². The molecule has 1 aliphatic rings. The monoisotopic (exact) mass is 262 g/mol. The van der Waals surface area contributed by atoms with E-state index in [1.54, 1.807) is 19.1 Å². The molecular weight excluding hydrogens is 248 g/mol. The second kappa shape index (κ2) is 5.47. The number of aryl methyl sites for hydroxylation is 1. The molecule has 100 valence electrons. The largest absolute Gasteiger partial charge is 0.351 e. The molecule has 0 saturated carbocycles. The molecule has 0 aromatic heterocycles. The summed E-state index contributed by atoms with van der Waals surface area (Å²) >= 11 is 0. The van der Waals surface area contributed by atoms with E-state index in [1.807, 2.05) is 0 Å². The van der Waals surface area contributed by atoms with Crippen molar-refractivity contribution in [3.05, 3.63) is 33.9 Å². The summed E-state index contributed by atoms with van der Waals surface area (Å²) in [6, 6.07) is 4.79. The van der Waals surface area contributed by atoms with Gasteiger partial charge in [0.1, 0.15) is 11.4 Å². The van der Waals surface area contributed by atoms with Crippen LogP contribution in [0.5, 0.6) is 0 Å². The maximum absolute atomic E-state index is 11.5. The highest BCUT2D eigenvalue weighted by molar-refractivity contribution is 6.39. The molecule has 1 saturated heterocycles. The highest BCUT2D eigenvalue weighted by atomic mass is 16.6. The van der Waals surface area contributed by atoms with Crippen LogP contribution in [0.15, 0.2) is 23.3 Å². The van der Waals surface area contributed by atoms with Gasteiger partial charge in [0, 0.05) is 12.6 Å². The van der Waals surface area contributed by atoms with Crippen LogP contribution in [0.1, 0.15) is 18.4 Å². The highest BCUT2D eigenvalue weighted by Gasteiger charge is 2.17. The summed E-state index contributed by atoms with van der Waals surface area (Å²) in [6.45, 7) is 2.42. The average Bonchev–Trinajstić information content (AvgIpc) is 2.38. The number of carbonyl (C=O) groups excluding carboxylic acids is 1. The number of piperidine rings is 1. The van der Waals surface area contributed by atoms with Gasteiger partial charge in [0.05, 0.1) is 4.92 Å². The summed E-state index contributed by atoms with van der Waals surface area (Å²) in [5.41, 5.74) is 3.99. The van der Waals surface area contributed by atoms with E-state index in [0.29, 0.717) is 18.7 Å². The Morgan fingerprint density at radius 2 is 2.26 bits per heavy atom. The first-order valence-electron chi connectivity index (χ1n) is 5.94. The van der Waals surface area contributed by atoms with E-state index in [2.05, 4.69) is 15.8 Å². The number of rotatable bonds is 3. The molecule has 1 aromatic rings. The summed E-state index contributed by atoms with van der Waals surface area (Å²) in [5, 5.41) is 17.6. The fraction of sp³-hybridized carbons (Fsp3) is 0.333. The van der Waals surface area contributed by atoms with E-state index in [1.165, 1.54) is 6.07 Å². The Hall–Kier alpha value is -2.44. The van der Waals surface area contributed by atoms with E-state index >= 15 is 0 Å². The third-order valence-corrected chi connectivity index (χ3v) is 2.80. The number of nitro benzene ring substituents is 1. The summed E-state index contributed by atoms with van der Waals surface area (Å²) < 4.78 is 0. The molecule has 1 amide bonds. The van der Waals surface area contributed by atoms with E-state index in [9.17, 15) is 14.9 Å². The number of amides is 1. The van der Waals surface area contributed by atoms with Gasteiger partial charge in [-0.15, -0.1) is 0 Å². The SMILES string of the molecule is Cc1ccc(NN=C2CCCNC2=O)c([N+](=O)[O-])c1. The molecule has 7 nitrogen and oxygen atoms in total. The van der Waals surface area contributed by atoms with Crippen molar-refractivity contribution >= 4 is 23.0 Å². The molecule has 0 radical (unpaired) electrons. The van der Waals surface area contributed by atoms with Gasteiger partial charge in [-0.25, -0.2) is 0 Å². The second-order valence-corrected chi connectivity index (χ2v) is 4.31. The Balaban J connectivity index is 2.21. The first-order valence-corrected chi connectivity index (χ1v) is 5.94. The first kappa shape index (κ1) is 13.0. The Morgan fingerprint density at radius 1 is 1.47 bits per heavy atom. The number of benzene rings is 1. The molecule has 2 N–H and O–H groups in total. The number of nitrogens with zero attached hydrogens (tertiary/aromatic N) is 2. The van der Waals surface area contributed by atoms with Crippen LogP contribution in [-0.2, 0) is 4.79 Å². The molecule has 0 atom stereocenters. The molecule has 0 aliphatic carbocycles. The van der Waals surface area contributed by atoms with Crippen LogP contribution in [0.4, 0.5) is 11.4 Å². The Kier molecular flexibility index (Phi) is 3.74. The maximum atomic E-state index is 11.5. The summed E-state index contributed by atoms with van der Waals surface area (Å²) in [5.74, 6) is -0.228. The number of nitrogens with one attached hydrogen (secondary N) is 2. The predicted molar refractivity (Wildman–Crippen MR) is 71.1 cm³/mol. The van der Waals surface area contributed by atoms with Gasteiger partial charge in [-0.2, -0.15) is 5.10 Å². The average molecular weight is 262 g/mol. The fourth-order valence-corrected chi connectivity index (χ4v) is 1.79. The number of hydrogen-bond donors (Lipinski definition) is 2. The maximum Gasteiger partial charge on any atom is 0.294 e. The van der Waals surface area contributed by atoms with Crippen molar-refractivity contribution in [1.82, 2.24) is 5.32 Å². The zero-order valence-electron chi connectivity index (χ0n) is 10.5. The van der Waals surface area contributed by atoms with Gasteiger partial charge in [0.15, 0.2) is 0 Å². The van der Waals surface area contributed by atoms with Crippen molar-refractivity contribution < 1.29 is 9.72 Å². The summed E-state index contributed by atoms with van der Waals surface area (Å²) in [4.78, 5) is 21.9. The van der Waals surface area contributed by atoms with Gasteiger partial charge in [0.25, 0.3) is 11.6 Å². The van der Waals surface area contributed by atoms with E-state index in [0.717, 1.165) is 12.0 Å². The van der Waals surface area contributed by atoms with Gasteiger partial charge in [-0.05, 0) is 31.4 Å². The summed E-state index contributed by atoms with van der Waals surface area (Å²) in [6.07, 6.45) is 1.39. The minimum absolute atomic E-state index is 0.0550. The number of carbonyl (C=O) groups is 1. The quantitative estimate of drug-likeness (QED) is 0.638. The van der Waals surface area contributed by atoms with Crippen LogP contribution in [0.2, 0.25) is 0 Å². The van der Waals surface area contributed by atoms with Gasteiger partial charge in [0.2, 0.25) is 0 Å². The Labute approximate surface area is 109 Å². The molecule has 1 aromatic carbocycles. The standard InChI is InChI=1S/C12H14N4O3/c1-8-4-5-9(11(7-8)16(18)19)14-15-10-3-2-6-13-12(10)17/h4-5,7,14H,2-3,6H2,1H3,(H,13,17). The van der Waals surface area contributed by atoms with Crippen LogP contribution >= 0.6 is 0 Å². The van der Waals surface area contributed by atoms with E-state index < -0.39 is 4.92 Å². The topological polar surface area (TPSA) is 96.6 Å². The van der Waals surface area contributed by atoms with E-state index in [4.69, 9.17) is 0 Å². The fourth-order valence-electron chi connectivity index (χ4n) is 1.79. The molecular formula is C12H14N4O3. The Morgan fingerprint density at radius 3 is 2.95 bits per heavy atom. The minimum atomic E-state index is -0.476. The molecule has 0 bridgehead atoms. The van der Waals surface area contributed by atoms with Crippen molar-refractivity contribution in [2.45, 2.75) is 19.8 Å². The predicted octanol–water partition coefficient (Wildman–Crippen LogP) is 1.58. The molecule has 0 unspecified atom stereocenters. The third kappa shape index (κ3) is 3.06. The lowest BCUT2D eigenvalue weighted by Crippen LogP contribution is -2.37. The summed E-state index contributed by atoms with van der Waals surface area (Å²) in [7, 11) is 0. The first-order chi connectivity index (χ1) is 9.08. The van der Waals surface area contributed by atoms with Gasteiger partial charge >= 0.3 is 0 Å². The van der Waals surface area contributed by atoms with Crippen molar-refractivity contribution in [1.29, 1.82) is 0 Å². The number of nitro groups is 1. The molecule has 1 fully saturated rings. The van der Waals surface area contributed by atoms with Gasteiger partial charge < -0.3 is 5.32 Å². The van der Waals surface area contributed by atoms with Crippen LogP contribution in [0.3, 0.4) is 0 Å². The number of hydrogen-bond acceptors (Lipinski definition) is 5. The number of anilines is 1. The van der Waals surface area contributed by atoms with Crippen molar-refractivity contribution in [3.63, 3.8) is 0 Å². The molecule has 2 rings (SSSR count). The lowest BCUT2D eigenvalue weighted by Gasteiger charge is -2.13. The molecule has 7 heteroatoms. The molecule has 1 heterocycles. The van der Waals surface area contributed by atoms with Crippen LogP contribution in [0.25, 0.3) is 0 Å². The molecule has 0 spiro atoms. The Bertz CT molecular complexity index is 554. The zero-order valence-corrected chi connectivity index (χ0v) is 10.5. The third-order valence-electron chi connectivity index (χ3n) is 2.80. The van der Waals surface area contributed by atoms with Crippen molar-refractivity contribution in [3.8, 4) is 0 Å². The normalized spacial score (nSPS) is 17.1. The smallest absolute Gasteiger partial charge is 0.294 e. The van der Waals surface area contributed by atoms with Gasteiger partial charge in [-0.1, -0.05) is 6.07 Å². The lowest BCUT2D eigenvalue weighted by atomic mass is 10.1. The minimum Gasteiger partial charge on any atom is -0.351 e. The molecule has 19 heavy (non-hydrogen) atoms. The second-order valence-electron chi connectivity index (χ2n) is 4.31. The zero-order chi connectivity index (χ0) is 13.8. The highest BCUT2D eigenvalue weighted by Crippen LogP contribution is 2.25. The number of hydrazone groups is 1. The van der Waals surface area contributed by atoms with E-state index in [-0.39, 0.29) is 17.3 Å². The van der Waals surface area contributed by atoms with Crippen molar-refractivity contribution in [2.75, 3.05) is 12.0 Å². The van der Waals surface area contributed by atoms with Crippen LogP contribution in [-0.4, -0.2) is 23.1 Å². The molecule has 1 aliphatic heterocycles. The van der Waals surface area contributed by atoms with Crippen LogP contribution in [0, 0.1) is 17.0 Å².